The first-order chi connectivity index (χ1) is 14.6. The van der Waals surface area contributed by atoms with E-state index >= 15 is 0 Å². The van der Waals surface area contributed by atoms with Crippen molar-refractivity contribution in [1.29, 1.82) is 0 Å². The lowest BCUT2D eigenvalue weighted by Gasteiger charge is -2.33. The van der Waals surface area contributed by atoms with Crippen LogP contribution in [0.2, 0.25) is 0 Å². The molecule has 1 atom stereocenters. The highest BCUT2D eigenvalue weighted by atomic mass is 16.5. The van der Waals surface area contributed by atoms with Crippen LogP contribution in [-0.2, 0) is 20.9 Å². The fourth-order valence-electron chi connectivity index (χ4n) is 4.34. The monoisotopic (exact) mass is 406 g/mol. The minimum absolute atomic E-state index is 0.0430. The SMILES string of the molecule is Cc1ccc(N2CC(C(=O)N3CCC(COCc4ccccc4)CC3)CC2=O)cc1. The van der Waals surface area contributed by atoms with Crippen LogP contribution in [0.5, 0.6) is 0 Å². The maximum atomic E-state index is 13.0. The normalized spacial score (nSPS) is 20.0. The molecule has 2 amide bonds. The summed E-state index contributed by atoms with van der Waals surface area (Å²) in [7, 11) is 0. The molecule has 2 heterocycles. The lowest BCUT2D eigenvalue weighted by Crippen LogP contribution is -2.43. The number of aryl methyl sites for hydroxylation is 1. The molecule has 0 aliphatic carbocycles. The molecule has 5 heteroatoms. The van der Waals surface area contributed by atoms with Gasteiger partial charge in [-0.2, -0.15) is 0 Å². The number of carbonyl (C=O) groups is 2. The molecule has 2 aromatic carbocycles. The molecule has 2 aromatic rings. The van der Waals surface area contributed by atoms with Gasteiger partial charge in [0.1, 0.15) is 0 Å². The summed E-state index contributed by atoms with van der Waals surface area (Å²) in [4.78, 5) is 29.2. The minimum Gasteiger partial charge on any atom is -0.376 e. The highest BCUT2D eigenvalue weighted by Gasteiger charge is 2.38. The van der Waals surface area contributed by atoms with Gasteiger partial charge < -0.3 is 14.5 Å². The number of likely N-dealkylation sites (tertiary alicyclic amines) is 1. The third-order valence-corrected chi connectivity index (χ3v) is 6.21. The molecule has 0 saturated carbocycles. The first kappa shape index (κ1) is 20.6. The van der Waals surface area contributed by atoms with E-state index in [1.54, 1.807) is 4.90 Å². The van der Waals surface area contributed by atoms with Gasteiger partial charge in [-0.15, -0.1) is 0 Å². The molecule has 0 spiro atoms. The van der Waals surface area contributed by atoms with Crippen LogP contribution in [0.25, 0.3) is 0 Å². The molecule has 0 radical (unpaired) electrons. The Morgan fingerprint density at radius 3 is 2.43 bits per heavy atom. The van der Waals surface area contributed by atoms with Crippen LogP contribution < -0.4 is 4.90 Å². The van der Waals surface area contributed by atoms with Gasteiger partial charge in [-0.3, -0.25) is 9.59 Å². The lowest BCUT2D eigenvalue weighted by atomic mass is 9.96. The Kier molecular flexibility index (Phi) is 6.48. The number of anilines is 1. The maximum absolute atomic E-state index is 13.0. The summed E-state index contributed by atoms with van der Waals surface area (Å²) in [5.74, 6) is 0.430. The molecule has 5 nitrogen and oxygen atoms in total. The Hall–Kier alpha value is -2.66. The predicted molar refractivity (Wildman–Crippen MR) is 117 cm³/mol. The van der Waals surface area contributed by atoms with E-state index in [1.807, 2.05) is 54.3 Å². The van der Waals surface area contributed by atoms with Crippen LogP contribution in [-0.4, -0.2) is 43.0 Å². The first-order valence-corrected chi connectivity index (χ1v) is 10.9. The van der Waals surface area contributed by atoms with E-state index < -0.39 is 0 Å². The molecule has 158 valence electrons. The third kappa shape index (κ3) is 4.90. The molecule has 4 rings (SSSR count). The van der Waals surface area contributed by atoms with Crippen LogP contribution >= 0.6 is 0 Å². The van der Waals surface area contributed by atoms with Gasteiger partial charge in [0, 0.05) is 38.3 Å². The van der Waals surface area contributed by atoms with Crippen LogP contribution in [0.4, 0.5) is 5.69 Å². The number of benzene rings is 2. The van der Waals surface area contributed by atoms with Gasteiger partial charge >= 0.3 is 0 Å². The zero-order chi connectivity index (χ0) is 20.9. The minimum atomic E-state index is -0.232. The number of carbonyl (C=O) groups excluding carboxylic acids is 2. The fourth-order valence-corrected chi connectivity index (χ4v) is 4.34. The molecule has 1 unspecified atom stereocenters. The highest BCUT2D eigenvalue weighted by Crippen LogP contribution is 2.28. The van der Waals surface area contributed by atoms with E-state index in [0.717, 1.165) is 43.8 Å². The van der Waals surface area contributed by atoms with E-state index in [9.17, 15) is 9.59 Å². The smallest absolute Gasteiger partial charge is 0.228 e. The summed E-state index contributed by atoms with van der Waals surface area (Å²) in [6.45, 7) is 5.40. The fraction of sp³-hybridized carbons (Fsp3) is 0.440. The zero-order valence-corrected chi connectivity index (χ0v) is 17.6. The Balaban J connectivity index is 1.23. The van der Waals surface area contributed by atoms with Gasteiger partial charge in [-0.25, -0.2) is 0 Å². The molecule has 0 bridgehead atoms. The number of hydrogen-bond donors (Lipinski definition) is 0. The first-order valence-electron chi connectivity index (χ1n) is 10.9. The number of amides is 2. The van der Waals surface area contributed by atoms with E-state index in [2.05, 4.69) is 12.1 Å². The Morgan fingerprint density at radius 2 is 1.73 bits per heavy atom. The molecule has 0 N–H and O–H groups in total. The molecule has 30 heavy (non-hydrogen) atoms. The average molecular weight is 407 g/mol. The van der Waals surface area contributed by atoms with Crippen molar-refractivity contribution in [2.45, 2.75) is 32.8 Å². The van der Waals surface area contributed by atoms with E-state index in [-0.39, 0.29) is 17.7 Å². The van der Waals surface area contributed by atoms with Crippen molar-refractivity contribution in [2.24, 2.45) is 11.8 Å². The molecular formula is C25H30N2O3. The number of hydrogen-bond acceptors (Lipinski definition) is 3. The maximum Gasteiger partial charge on any atom is 0.228 e. The van der Waals surface area contributed by atoms with E-state index in [1.165, 1.54) is 5.56 Å². The van der Waals surface area contributed by atoms with Crippen LogP contribution in [0.3, 0.4) is 0 Å². The van der Waals surface area contributed by atoms with Crippen LogP contribution in [0, 0.1) is 18.8 Å². The number of rotatable bonds is 6. The van der Waals surface area contributed by atoms with Gasteiger partial charge in [-0.1, -0.05) is 48.0 Å². The van der Waals surface area contributed by atoms with E-state index in [0.29, 0.717) is 25.5 Å². The van der Waals surface area contributed by atoms with Gasteiger partial charge in [0.15, 0.2) is 0 Å². The molecule has 2 fully saturated rings. The number of nitrogens with zero attached hydrogens (tertiary/aromatic N) is 2. The standard InChI is InChI=1S/C25H30N2O3/c1-19-7-9-23(10-8-19)27-16-22(15-24(27)28)25(29)26-13-11-21(12-14-26)18-30-17-20-5-3-2-4-6-20/h2-10,21-22H,11-18H2,1H3. The van der Waals surface area contributed by atoms with Crippen molar-refractivity contribution in [1.82, 2.24) is 4.90 Å². The average Bonchev–Trinajstić information content (AvgIpc) is 3.17. The summed E-state index contributed by atoms with van der Waals surface area (Å²) in [5.41, 5.74) is 3.23. The van der Waals surface area contributed by atoms with Gasteiger partial charge in [0.2, 0.25) is 11.8 Å². The summed E-state index contributed by atoms with van der Waals surface area (Å²) >= 11 is 0. The molecule has 2 aliphatic rings. The second-order valence-electron chi connectivity index (χ2n) is 8.51. The Bertz CT molecular complexity index is 858. The third-order valence-electron chi connectivity index (χ3n) is 6.21. The Morgan fingerprint density at radius 1 is 1.03 bits per heavy atom. The summed E-state index contributed by atoms with van der Waals surface area (Å²) in [5, 5.41) is 0. The molecule has 0 aromatic heterocycles. The predicted octanol–water partition coefficient (Wildman–Crippen LogP) is 3.80. The highest BCUT2D eigenvalue weighted by molar-refractivity contribution is 6.00. The second kappa shape index (κ2) is 9.43. The van der Waals surface area contributed by atoms with Crippen LogP contribution in [0.1, 0.15) is 30.4 Å². The van der Waals surface area contributed by atoms with Crippen molar-refractivity contribution in [3.05, 3.63) is 65.7 Å². The molecular weight excluding hydrogens is 376 g/mol. The number of ether oxygens (including phenoxy) is 1. The second-order valence-corrected chi connectivity index (χ2v) is 8.51. The summed E-state index contributed by atoms with van der Waals surface area (Å²) < 4.78 is 5.89. The molecule has 2 saturated heterocycles. The largest absolute Gasteiger partial charge is 0.376 e. The Labute approximate surface area is 178 Å². The quantitative estimate of drug-likeness (QED) is 0.733. The van der Waals surface area contributed by atoms with E-state index in [4.69, 9.17) is 4.74 Å². The van der Waals surface area contributed by atoms with Crippen molar-refractivity contribution in [2.75, 3.05) is 31.1 Å². The van der Waals surface area contributed by atoms with Crippen LogP contribution in [0.15, 0.2) is 54.6 Å². The van der Waals surface area contributed by atoms with Crippen molar-refractivity contribution < 1.29 is 14.3 Å². The molecule has 2 aliphatic heterocycles. The topological polar surface area (TPSA) is 49.9 Å². The number of piperidine rings is 1. The van der Waals surface area contributed by atoms with Crippen molar-refractivity contribution in [3.63, 3.8) is 0 Å². The summed E-state index contributed by atoms with van der Waals surface area (Å²) in [6.07, 6.45) is 2.23. The zero-order valence-electron chi connectivity index (χ0n) is 17.6. The van der Waals surface area contributed by atoms with Crippen molar-refractivity contribution >= 4 is 17.5 Å². The van der Waals surface area contributed by atoms with Crippen molar-refractivity contribution in [3.8, 4) is 0 Å². The van der Waals surface area contributed by atoms with Gasteiger partial charge in [0.25, 0.3) is 0 Å². The summed E-state index contributed by atoms with van der Waals surface area (Å²) in [6, 6.07) is 18.1. The van der Waals surface area contributed by atoms with Gasteiger partial charge in [-0.05, 0) is 43.4 Å². The van der Waals surface area contributed by atoms with Gasteiger partial charge in [0.05, 0.1) is 12.5 Å². The lowest BCUT2D eigenvalue weighted by molar-refractivity contribution is -0.137.